The third kappa shape index (κ3) is 3.07. The molecule has 0 heterocycles. The number of halogens is 1. The van der Waals surface area contributed by atoms with Crippen LogP contribution in [0.2, 0.25) is 5.02 Å². The summed E-state index contributed by atoms with van der Waals surface area (Å²) in [6, 6.07) is 5.94. The smallest absolute Gasteiger partial charge is 0.139 e. The van der Waals surface area contributed by atoms with E-state index in [0.717, 1.165) is 35.7 Å². The average Bonchev–Trinajstić information content (AvgIpc) is 3.11. The van der Waals surface area contributed by atoms with Gasteiger partial charge in [-0.1, -0.05) is 22.8 Å². The van der Waals surface area contributed by atoms with Crippen LogP contribution in [0.5, 0.6) is 0 Å². The predicted octanol–water partition coefficient (Wildman–Crippen LogP) is 2.98. The average molecular weight is 268 g/mol. The minimum Gasteiger partial charge on any atom is -0.409 e. The van der Waals surface area contributed by atoms with Crippen molar-refractivity contribution < 1.29 is 5.21 Å². The van der Waals surface area contributed by atoms with E-state index in [9.17, 15) is 0 Å². The summed E-state index contributed by atoms with van der Waals surface area (Å²) in [5.41, 5.74) is 7.79. The summed E-state index contributed by atoms with van der Waals surface area (Å²) >= 11 is 6.07. The second-order valence-electron chi connectivity index (χ2n) is 5.09. The summed E-state index contributed by atoms with van der Waals surface area (Å²) in [5, 5.41) is 15.8. The molecule has 1 aliphatic rings. The Morgan fingerprint density at radius 1 is 1.56 bits per heavy atom. The van der Waals surface area contributed by atoms with Gasteiger partial charge in [0.05, 0.1) is 0 Å². The predicted molar refractivity (Wildman–Crippen MR) is 74.4 cm³/mol. The number of benzene rings is 1. The summed E-state index contributed by atoms with van der Waals surface area (Å²) in [5.74, 6) is 0.302. The zero-order valence-corrected chi connectivity index (χ0v) is 11.2. The van der Waals surface area contributed by atoms with E-state index in [4.69, 9.17) is 22.5 Å². The maximum absolute atomic E-state index is 8.60. The zero-order valence-electron chi connectivity index (χ0n) is 10.4. The molecule has 0 aliphatic heterocycles. The van der Waals surface area contributed by atoms with Gasteiger partial charge in [0.2, 0.25) is 0 Å². The van der Waals surface area contributed by atoms with Crippen molar-refractivity contribution in [2.45, 2.75) is 26.2 Å². The van der Waals surface area contributed by atoms with E-state index in [1.54, 1.807) is 0 Å². The van der Waals surface area contributed by atoms with Crippen LogP contribution in [0.25, 0.3) is 0 Å². The molecule has 1 aromatic rings. The molecule has 98 valence electrons. The van der Waals surface area contributed by atoms with Crippen molar-refractivity contribution in [2.75, 3.05) is 11.9 Å². The molecular formula is C13H18ClN3O. The van der Waals surface area contributed by atoms with E-state index in [2.05, 4.69) is 10.5 Å². The molecule has 2 rings (SSSR count). The van der Waals surface area contributed by atoms with Gasteiger partial charge in [-0.15, -0.1) is 0 Å². The van der Waals surface area contributed by atoms with Crippen molar-refractivity contribution in [2.24, 2.45) is 16.3 Å². The highest BCUT2D eigenvalue weighted by atomic mass is 35.5. The SMILES string of the molecule is Cc1ccc(NCC2(CC(N)=NO)CC2)cc1Cl. The number of nitrogens with zero attached hydrogens (tertiary/aromatic N) is 1. The molecule has 4 nitrogen and oxygen atoms in total. The number of hydrogen-bond donors (Lipinski definition) is 3. The molecule has 0 spiro atoms. The Morgan fingerprint density at radius 3 is 2.83 bits per heavy atom. The van der Waals surface area contributed by atoms with Crippen LogP contribution >= 0.6 is 11.6 Å². The Hall–Kier alpha value is -1.42. The number of amidine groups is 1. The number of nitrogens with two attached hydrogens (primary N) is 1. The van der Waals surface area contributed by atoms with Gasteiger partial charge in [-0.25, -0.2) is 0 Å². The number of aryl methyl sites for hydroxylation is 1. The first-order chi connectivity index (χ1) is 8.54. The molecule has 0 bridgehead atoms. The topological polar surface area (TPSA) is 70.6 Å². The Kier molecular flexibility index (Phi) is 3.66. The van der Waals surface area contributed by atoms with E-state index in [0.29, 0.717) is 12.3 Å². The second-order valence-corrected chi connectivity index (χ2v) is 5.49. The fraction of sp³-hybridized carbons (Fsp3) is 0.462. The van der Waals surface area contributed by atoms with Crippen LogP contribution in [0, 0.1) is 12.3 Å². The van der Waals surface area contributed by atoms with E-state index in [1.807, 2.05) is 25.1 Å². The molecule has 0 atom stereocenters. The Bertz CT molecular complexity index is 469. The summed E-state index contributed by atoms with van der Waals surface area (Å²) in [6.07, 6.45) is 2.85. The highest BCUT2D eigenvalue weighted by Crippen LogP contribution is 2.48. The molecule has 1 aromatic carbocycles. The summed E-state index contributed by atoms with van der Waals surface area (Å²) in [4.78, 5) is 0. The van der Waals surface area contributed by atoms with Gasteiger partial charge < -0.3 is 16.3 Å². The number of anilines is 1. The molecule has 5 heteroatoms. The zero-order chi connectivity index (χ0) is 13.2. The summed E-state index contributed by atoms with van der Waals surface area (Å²) < 4.78 is 0. The lowest BCUT2D eigenvalue weighted by Crippen LogP contribution is -2.23. The molecule has 0 unspecified atom stereocenters. The van der Waals surface area contributed by atoms with Crippen molar-refractivity contribution >= 4 is 23.1 Å². The van der Waals surface area contributed by atoms with Crippen LogP contribution in [0.15, 0.2) is 23.4 Å². The first-order valence-electron chi connectivity index (χ1n) is 6.01. The molecule has 0 radical (unpaired) electrons. The van der Waals surface area contributed by atoms with E-state index >= 15 is 0 Å². The van der Waals surface area contributed by atoms with Crippen LogP contribution < -0.4 is 11.1 Å². The van der Waals surface area contributed by atoms with Crippen LogP contribution in [0.1, 0.15) is 24.8 Å². The van der Waals surface area contributed by atoms with Crippen LogP contribution in [0.4, 0.5) is 5.69 Å². The first kappa shape index (κ1) is 13.0. The third-order valence-corrected chi connectivity index (χ3v) is 3.89. The van der Waals surface area contributed by atoms with Gasteiger partial charge in [-0.2, -0.15) is 0 Å². The Labute approximate surface area is 112 Å². The maximum atomic E-state index is 8.60. The van der Waals surface area contributed by atoms with Crippen molar-refractivity contribution in [3.63, 3.8) is 0 Å². The second kappa shape index (κ2) is 5.06. The quantitative estimate of drug-likeness (QED) is 0.332. The number of nitrogens with one attached hydrogen (secondary N) is 1. The highest BCUT2D eigenvalue weighted by Gasteiger charge is 2.43. The lowest BCUT2D eigenvalue weighted by atomic mass is 10.0. The van der Waals surface area contributed by atoms with Crippen molar-refractivity contribution in [1.82, 2.24) is 0 Å². The minimum absolute atomic E-state index is 0.147. The van der Waals surface area contributed by atoms with E-state index in [-0.39, 0.29) is 5.41 Å². The van der Waals surface area contributed by atoms with Gasteiger partial charge in [-0.05, 0) is 42.9 Å². The Morgan fingerprint density at radius 2 is 2.28 bits per heavy atom. The lowest BCUT2D eigenvalue weighted by Gasteiger charge is -2.16. The largest absolute Gasteiger partial charge is 0.409 e. The van der Waals surface area contributed by atoms with Crippen molar-refractivity contribution in [3.8, 4) is 0 Å². The van der Waals surface area contributed by atoms with Crippen LogP contribution in [0.3, 0.4) is 0 Å². The maximum Gasteiger partial charge on any atom is 0.139 e. The monoisotopic (exact) mass is 267 g/mol. The summed E-state index contributed by atoms with van der Waals surface area (Å²) in [6.45, 7) is 2.80. The van der Waals surface area contributed by atoms with Gasteiger partial charge >= 0.3 is 0 Å². The molecule has 18 heavy (non-hydrogen) atoms. The molecule has 4 N–H and O–H groups in total. The van der Waals surface area contributed by atoms with Crippen molar-refractivity contribution in [1.29, 1.82) is 0 Å². The van der Waals surface area contributed by atoms with Gasteiger partial charge in [0, 0.05) is 23.7 Å². The van der Waals surface area contributed by atoms with E-state index < -0.39 is 0 Å². The molecule has 1 aliphatic carbocycles. The lowest BCUT2D eigenvalue weighted by molar-refractivity contribution is 0.315. The standard InChI is InChI=1S/C13H18ClN3O/c1-9-2-3-10(6-11(9)14)16-8-13(4-5-13)7-12(15)17-18/h2-3,6,16,18H,4-5,7-8H2,1H3,(H2,15,17). The summed E-state index contributed by atoms with van der Waals surface area (Å²) in [7, 11) is 0. The van der Waals surface area contributed by atoms with Gasteiger partial charge in [0.15, 0.2) is 0 Å². The van der Waals surface area contributed by atoms with Crippen LogP contribution in [-0.4, -0.2) is 17.6 Å². The third-order valence-electron chi connectivity index (χ3n) is 3.48. The molecule has 1 fully saturated rings. The molecule has 0 amide bonds. The Balaban J connectivity index is 1.93. The minimum atomic E-state index is 0.147. The van der Waals surface area contributed by atoms with Crippen LogP contribution in [-0.2, 0) is 0 Å². The van der Waals surface area contributed by atoms with Gasteiger partial charge in [0.1, 0.15) is 5.84 Å². The highest BCUT2D eigenvalue weighted by molar-refractivity contribution is 6.31. The normalized spacial score (nSPS) is 17.6. The first-order valence-corrected chi connectivity index (χ1v) is 6.39. The molecule has 1 saturated carbocycles. The van der Waals surface area contributed by atoms with Gasteiger partial charge in [0.25, 0.3) is 0 Å². The number of hydrogen-bond acceptors (Lipinski definition) is 3. The molecular weight excluding hydrogens is 250 g/mol. The van der Waals surface area contributed by atoms with E-state index in [1.165, 1.54) is 0 Å². The fourth-order valence-electron chi connectivity index (χ4n) is 2.00. The number of rotatable bonds is 5. The molecule has 0 aromatic heterocycles. The van der Waals surface area contributed by atoms with Crippen molar-refractivity contribution in [3.05, 3.63) is 28.8 Å². The fourth-order valence-corrected chi connectivity index (χ4v) is 2.19. The van der Waals surface area contributed by atoms with Gasteiger partial charge in [-0.3, -0.25) is 0 Å². The molecule has 0 saturated heterocycles. The number of oxime groups is 1.